The molecule has 0 heterocycles. The second-order valence-corrected chi connectivity index (χ2v) is 3.18. The van der Waals surface area contributed by atoms with Gasteiger partial charge in [0.25, 0.3) is 0 Å². The van der Waals surface area contributed by atoms with Gasteiger partial charge in [0.05, 0.1) is 0 Å². The molecular weight excluding hydrogens is 122 g/mol. The van der Waals surface area contributed by atoms with Gasteiger partial charge in [0, 0.05) is 11.8 Å². The van der Waals surface area contributed by atoms with Gasteiger partial charge in [-0.25, -0.2) is 0 Å². The first-order valence-electron chi connectivity index (χ1n) is 3.43. The van der Waals surface area contributed by atoms with Gasteiger partial charge in [-0.3, -0.25) is 0 Å². The minimum Gasteiger partial charge on any atom is -0.405 e. The fraction of sp³-hybridized carbons (Fsp3) is 0.556. The van der Waals surface area contributed by atoms with Crippen LogP contribution < -0.4 is 5.73 Å². The summed E-state index contributed by atoms with van der Waals surface area (Å²) < 4.78 is 0. The van der Waals surface area contributed by atoms with Gasteiger partial charge in [-0.15, -0.1) is 0 Å². The van der Waals surface area contributed by atoms with Crippen LogP contribution in [0.1, 0.15) is 27.2 Å². The zero-order valence-electron chi connectivity index (χ0n) is 6.94. The van der Waals surface area contributed by atoms with Gasteiger partial charge in [-0.2, -0.15) is 0 Å². The highest BCUT2D eigenvalue weighted by atomic mass is 14.5. The summed E-state index contributed by atoms with van der Waals surface area (Å²) in [6, 6.07) is 0. The van der Waals surface area contributed by atoms with E-state index in [0.29, 0.717) is 0 Å². The zero-order valence-corrected chi connectivity index (χ0v) is 6.94. The third-order valence-electron chi connectivity index (χ3n) is 0.819. The average molecular weight is 137 g/mol. The van der Waals surface area contributed by atoms with Gasteiger partial charge in [0.1, 0.15) is 0 Å². The molecule has 0 aromatic carbocycles. The summed E-state index contributed by atoms with van der Waals surface area (Å²) in [6.07, 6.45) is 4.13. The van der Waals surface area contributed by atoms with E-state index in [2.05, 4.69) is 32.6 Å². The van der Waals surface area contributed by atoms with E-state index in [9.17, 15) is 0 Å². The molecule has 0 aliphatic carbocycles. The first-order chi connectivity index (χ1) is 4.56. The average Bonchev–Trinajstić information content (AvgIpc) is 1.78. The normalized spacial score (nSPS) is 11.1. The van der Waals surface area contributed by atoms with Gasteiger partial charge < -0.3 is 5.73 Å². The first kappa shape index (κ1) is 9.10. The summed E-state index contributed by atoms with van der Waals surface area (Å²) in [4.78, 5) is 0. The standard InChI is InChI=1S/C9H15N/c1-9(2,3)7-5-4-6-8-10/h6,8H,4,10H2,1-3H3/b8-6+. The first-order valence-corrected chi connectivity index (χ1v) is 3.43. The van der Waals surface area contributed by atoms with Crippen LogP contribution in [-0.4, -0.2) is 0 Å². The number of rotatable bonds is 1. The molecule has 0 aromatic heterocycles. The predicted molar refractivity (Wildman–Crippen MR) is 45.2 cm³/mol. The Morgan fingerprint density at radius 2 is 2.00 bits per heavy atom. The molecule has 10 heavy (non-hydrogen) atoms. The van der Waals surface area contributed by atoms with E-state index in [1.807, 2.05) is 6.08 Å². The van der Waals surface area contributed by atoms with Crippen LogP contribution in [0.5, 0.6) is 0 Å². The van der Waals surface area contributed by atoms with Crippen molar-refractivity contribution in [1.29, 1.82) is 0 Å². The topological polar surface area (TPSA) is 26.0 Å². The maximum atomic E-state index is 5.13. The fourth-order valence-corrected chi connectivity index (χ4v) is 0.443. The third-order valence-corrected chi connectivity index (χ3v) is 0.819. The number of allylic oxidation sites excluding steroid dienone is 1. The van der Waals surface area contributed by atoms with E-state index >= 15 is 0 Å². The molecule has 1 nitrogen and oxygen atoms in total. The molecule has 0 unspecified atom stereocenters. The van der Waals surface area contributed by atoms with Crippen molar-refractivity contribution >= 4 is 0 Å². The van der Waals surface area contributed by atoms with E-state index in [4.69, 9.17) is 5.73 Å². The molecule has 0 aromatic rings. The minimum atomic E-state index is 0.114. The smallest absolute Gasteiger partial charge is 0.0286 e. The minimum absolute atomic E-state index is 0.114. The van der Waals surface area contributed by atoms with Crippen molar-refractivity contribution in [3.05, 3.63) is 12.3 Å². The molecule has 0 rings (SSSR count). The van der Waals surface area contributed by atoms with Gasteiger partial charge in [0.15, 0.2) is 0 Å². The Balaban J connectivity index is 3.70. The molecule has 56 valence electrons. The lowest BCUT2D eigenvalue weighted by Crippen LogP contribution is -1.98. The van der Waals surface area contributed by atoms with Crippen LogP contribution in [0.3, 0.4) is 0 Å². The van der Waals surface area contributed by atoms with Crippen molar-refractivity contribution in [1.82, 2.24) is 0 Å². The largest absolute Gasteiger partial charge is 0.405 e. The zero-order chi connectivity index (χ0) is 8.04. The Morgan fingerprint density at radius 3 is 2.40 bits per heavy atom. The molecule has 0 amide bonds. The molecule has 0 aliphatic heterocycles. The summed E-state index contributed by atoms with van der Waals surface area (Å²) >= 11 is 0. The van der Waals surface area contributed by atoms with Crippen LogP contribution in [-0.2, 0) is 0 Å². The van der Waals surface area contributed by atoms with Gasteiger partial charge in [-0.05, 0) is 27.0 Å². The van der Waals surface area contributed by atoms with Crippen molar-refractivity contribution in [2.45, 2.75) is 27.2 Å². The molecule has 0 saturated carbocycles. The molecule has 0 fully saturated rings. The summed E-state index contributed by atoms with van der Waals surface area (Å²) in [5, 5.41) is 0. The number of hydrogen-bond donors (Lipinski definition) is 1. The van der Waals surface area contributed by atoms with Crippen molar-refractivity contribution in [3.8, 4) is 11.8 Å². The Morgan fingerprint density at radius 1 is 1.40 bits per heavy atom. The fourth-order valence-electron chi connectivity index (χ4n) is 0.443. The quantitative estimate of drug-likeness (QED) is 0.549. The second kappa shape index (κ2) is 4.00. The molecule has 0 spiro atoms. The molecule has 0 radical (unpaired) electrons. The van der Waals surface area contributed by atoms with Gasteiger partial charge in [0.2, 0.25) is 0 Å². The highest BCUT2D eigenvalue weighted by Crippen LogP contribution is 2.09. The highest BCUT2D eigenvalue weighted by Gasteiger charge is 2.02. The SMILES string of the molecule is CC(C)(C)C#CC/C=C/N. The molecule has 0 atom stereocenters. The number of nitrogens with two attached hydrogens (primary N) is 1. The lowest BCUT2D eigenvalue weighted by atomic mass is 9.98. The lowest BCUT2D eigenvalue weighted by molar-refractivity contribution is 0.570. The van der Waals surface area contributed by atoms with E-state index in [1.165, 1.54) is 6.20 Å². The summed E-state index contributed by atoms with van der Waals surface area (Å²) in [7, 11) is 0. The summed E-state index contributed by atoms with van der Waals surface area (Å²) in [5.74, 6) is 6.11. The molecule has 0 bridgehead atoms. The lowest BCUT2D eigenvalue weighted by Gasteiger charge is -2.06. The molecule has 0 saturated heterocycles. The molecule has 1 heteroatoms. The van der Waals surface area contributed by atoms with Crippen LogP contribution in [0, 0.1) is 17.3 Å². The van der Waals surface area contributed by atoms with Crippen LogP contribution in [0.4, 0.5) is 0 Å². The van der Waals surface area contributed by atoms with Crippen LogP contribution in [0.15, 0.2) is 12.3 Å². The maximum absolute atomic E-state index is 5.13. The maximum Gasteiger partial charge on any atom is 0.0286 e. The molecule has 2 N–H and O–H groups in total. The van der Waals surface area contributed by atoms with Gasteiger partial charge in [-0.1, -0.05) is 17.9 Å². The van der Waals surface area contributed by atoms with E-state index in [-0.39, 0.29) is 5.41 Å². The van der Waals surface area contributed by atoms with Gasteiger partial charge >= 0.3 is 0 Å². The summed E-state index contributed by atoms with van der Waals surface area (Å²) in [6.45, 7) is 6.27. The van der Waals surface area contributed by atoms with Crippen molar-refractivity contribution in [2.75, 3.05) is 0 Å². The van der Waals surface area contributed by atoms with E-state index < -0.39 is 0 Å². The van der Waals surface area contributed by atoms with Crippen LogP contribution >= 0.6 is 0 Å². The monoisotopic (exact) mass is 137 g/mol. The Bertz CT molecular complexity index is 161. The predicted octanol–water partition coefficient (Wildman–Crippen LogP) is 1.90. The number of hydrogen-bond acceptors (Lipinski definition) is 1. The summed E-state index contributed by atoms with van der Waals surface area (Å²) in [5.41, 5.74) is 5.24. The van der Waals surface area contributed by atoms with Crippen LogP contribution in [0.25, 0.3) is 0 Å². The molecule has 0 aliphatic rings. The van der Waals surface area contributed by atoms with Crippen molar-refractivity contribution in [3.63, 3.8) is 0 Å². The van der Waals surface area contributed by atoms with E-state index in [1.54, 1.807) is 0 Å². The van der Waals surface area contributed by atoms with Crippen LogP contribution in [0.2, 0.25) is 0 Å². The second-order valence-electron chi connectivity index (χ2n) is 3.18. The molecular formula is C9H15N. The van der Waals surface area contributed by atoms with Crippen molar-refractivity contribution < 1.29 is 0 Å². The highest BCUT2D eigenvalue weighted by molar-refractivity contribution is 5.09. The van der Waals surface area contributed by atoms with Crippen molar-refractivity contribution in [2.24, 2.45) is 11.1 Å². The Kier molecular flexibility index (Phi) is 3.64. The van der Waals surface area contributed by atoms with E-state index in [0.717, 1.165) is 6.42 Å². The Hall–Kier alpha value is -0.900. The Labute approximate surface area is 63.3 Å². The third kappa shape index (κ3) is 7.10.